The van der Waals surface area contributed by atoms with E-state index in [1.54, 1.807) is 24.0 Å². The Hall–Kier alpha value is -1.46. The van der Waals surface area contributed by atoms with Crippen molar-refractivity contribution < 1.29 is 14.3 Å². The van der Waals surface area contributed by atoms with Crippen molar-refractivity contribution in [3.05, 3.63) is 35.1 Å². The number of carbonyl (C=O) groups excluding carboxylic acids is 1. The van der Waals surface area contributed by atoms with Gasteiger partial charge in [0.1, 0.15) is 5.82 Å². The number of rotatable bonds is 2. The van der Waals surface area contributed by atoms with Crippen LogP contribution < -0.4 is 0 Å². The molecule has 2 fully saturated rings. The lowest BCUT2D eigenvalue weighted by Crippen LogP contribution is -2.68. The number of hydrogen-bond acceptors (Lipinski definition) is 3. The molecule has 1 amide bonds. The average molecular weight is 292 g/mol. The molecular weight excluding hydrogens is 271 g/mol. The summed E-state index contributed by atoms with van der Waals surface area (Å²) >= 11 is 0. The van der Waals surface area contributed by atoms with Crippen LogP contribution >= 0.6 is 0 Å². The number of likely N-dealkylation sites (tertiary alicyclic amines) is 2. The monoisotopic (exact) mass is 292 g/mol. The second kappa shape index (κ2) is 5.07. The van der Waals surface area contributed by atoms with Crippen LogP contribution in [-0.4, -0.2) is 59.6 Å². The number of aliphatic hydroxyl groups excluding tert-OH is 1. The van der Waals surface area contributed by atoms with Crippen LogP contribution in [-0.2, 0) is 0 Å². The fraction of sp³-hybridized carbons (Fsp3) is 0.562. The highest BCUT2D eigenvalue weighted by molar-refractivity contribution is 5.95. The fourth-order valence-electron chi connectivity index (χ4n) is 3.55. The number of halogens is 1. The molecule has 0 radical (unpaired) electrons. The van der Waals surface area contributed by atoms with E-state index in [1.807, 2.05) is 7.05 Å². The van der Waals surface area contributed by atoms with Gasteiger partial charge in [-0.25, -0.2) is 4.39 Å². The molecule has 1 aromatic carbocycles. The van der Waals surface area contributed by atoms with E-state index in [0.717, 1.165) is 13.0 Å². The maximum absolute atomic E-state index is 13.6. The van der Waals surface area contributed by atoms with Crippen LogP contribution in [0.15, 0.2) is 18.2 Å². The zero-order chi connectivity index (χ0) is 15.2. The molecule has 2 aliphatic rings. The summed E-state index contributed by atoms with van der Waals surface area (Å²) in [6, 6.07) is 4.64. The molecule has 1 spiro atoms. The van der Waals surface area contributed by atoms with Gasteiger partial charge in [-0.15, -0.1) is 0 Å². The van der Waals surface area contributed by atoms with Gasteiger partial charge in [-0.1, -0.05) is 6.07 Å². The number of hydrogen-bond donors (Lipinski definition) is 1. The Morgan fingerprint density at radius 3 is 2.76 bits per heavy atom. The molecular formula is C16H21FN2O2. The molecule has 2 aliphatic heterocycles. The summed E-state index contributed by atoms with van der Waals surface area (Å²) in [7, 11) is 2.04. The summed E-state index contributed by atoms with van der Waals surface area (Å²) < 4.78 is 13.6. The first-order chi connectivity index (χ1) is 9.95. The molecule has 0 bridgehead atoms. The predicted octanol–water partition coefficient (Wildman–Crippen LogP) is 1.27. The van der Waals surface area contributed by atoms with Crippen LogP contribution in [0.2, 0.25) is 0 Å². The lowest BCUT2D eigenvalue weighted by molar-refractivity contribution is -0.00776. The normalized spacial score (nSPS) is 24.4. The first kappa shape index (κ1) is 14.5. The molecule has 1 atom stereocenters. The van der Waals surface area contributed by atoms with Gasteiger partial charge in [-0.05, 0) is 44.0 Å². The molecule has 4 nitrogen and oxygen atoms in total. The number of likely N-dealkylation sites (N-methyl/N-ethyl adjacent to an activating group) is 1. The molecule has 2 saturated heterocycles. The van der Waals surface area contributed by atoms with Crippen molar-refractivity contribution in [3.63, 3.8) is 0 Å². The standard InChI is InChI=1S/C16H21FN2O2/c1-11-3-4-13(5-14(11)17)15(21)19-9-16(10-19)6-12(8-20)7-18(16)2/h3-5,12,20H,6-10H2,1-2H3/t12-/m1/s1. The van der Waals surface area contributed by atoms with Gasteiger partial charge >= 0.3 is 0 Å². The number of amides is 1. The van der Waals surface area contributed by atoms with Crippen LogP contribution in [0.3, 0.4) is 0 Å². The van der Waals surface area contributed by atoms with Crippen LogP contribution in [0.25, 0.3) is 0 Å². The van der Waals surface area contributed by atoms with Gasteiger partial charge < -0.3 is 10.0 Å². The summed E-state index contributed by atoms with van der Waals surface area (Å²) in [5.41, 5.74) is 0.965. The quantitative estimate of drug-likeness (QED) is 0.893. The van der Waals surface area contributed by atoms with Gasteiger partial charge in [0.15, 0.2) is 0 Å². The molecule has 3 rings (SSSR count). The molecule has 5 heteroatoms. The van der Waals surface area contributed by atoms with E-state index in [4.69, 9.17) is 0 Å². The van der Waals surface area contributed by atoms with E-state index < -0.39 is 0 Å². The van der Waals surface area contributed by atoms with E-state index >= 15 is 0 Å². The molecule has 0 saturated carbocycles. The van der Waals surface area contributed by atoms with Crippen molar-refractivity contribution in [1.82, 2.24) is 9.80 Å². The minimum Gasteiger partial charge on any atom is -0.396 e. The summed E-state index contributed by atoms with van der Waals surface area (Å²) in [4.78, 5) is 16.4. The maximum Gasteiger partial charge on any atom is 0.254 e. The molecule has 0 aromatic heterocycles. The molecule has 0 aliphatic carbocycles. The Labute approximate surface area is 124 Å². The lowest BCUT2D eigenvalue weighted by Gasteiger charge is -2.52. The molecule has 1 N–H and O–H groups in total. The molecule has 2 heterocycles. The average Bonchev–Trinajstić information content (AvgIpc) is 2.76. The lowest BCUT2D eigenvalue weighted by atomic mass is 9.84. The molecule has 21 heavy (non-hydrogen) atoms. The Morgan fingerprint density at radius 1 is 1.48 bits per heavy atom. The molecule has 0 unspecified atom stereocenters. The van der Waals surface area contributed by atoms with Crippen molar-refractivity contribution in [2.24, 2.45) is 5.92 Å². The zero-order valence-electron chi connectivity index (χ0n) is 12.5. The number of benzene rings is 1. The van der Waals surface area contributed by atoms with E-state index in [2.05, 4.69) is 4.90 Å². The van der Waals surface area contributed by atoms with Crippen LogP contribution in [0.1, 0.15) is 22.3 Å². The first-order valence-electron chi connectivity index (χ1n) is 7.33. The molecule has 114 valence electrons. The van der Waals surface area contributed by atoms with Gasteiger partial charge in [0.25, 0.3) is 5.91 Å². The third kappa shape index (κ3) is 2.34. The molecule has 1 aromatic rings. The minimum absolute atomic E-state index is 0.00625. The topological polar surface area (TPSA) is 43.8 Å². The van der Waals surface area contributed by atoms with Crippen molar-refractivity contribution >= 4 is 5.91 Å². The van der Waals surface area contributed by atoms with E-state index in [1.165, 1.54) is 6.07 Å². The largest absolute Gasteiger partial charge is 0.396 e. The van der Waals surface area contributed by atoms with Gasteiger partial charge in [0, 0.05) is 31.8 Å². The Bertz CT molecular complexity index is 569. The van der Waals surface area contributed by atoms with Crippen molar-refractivity contribution in [2.45, 2.75) is 18.9 Å². The van der Waals surface area contributed by atoms with Crippen molar-refractivity contribution in [1.29, 1.82) is 0 Å². The highest BCUT2D eigenvalue weighted by atomic mass is 19.1. The third-order valence-corrected chi connectivity index (χ3v) is 4.95. The van der Waals surface area contributed by atoms with Gasteiger partial charge in [-0.3, -0.25) is 9.69 Å². The highest BCUT2D eigenvalue weighted by Gasteiger charge is 2.52. The Balaban J connectivity index is 1.68. The fourth-order valence-corrected chi connectivity index (χ4v) is 3.55. The zero-order valence-corrected chi connectivity index (χ0v) is 12.5. The van der Waals surface area contributed by atoms with Crippen LogP contribution in [0.5, 0.6) is 0 Å². The van der Waals surface area contributed by atoms with Crippen molar-refractivity contribution in [3.8, 4) is 0 Å². The second-order valence-corrected chi connectivity index (χ2v) is 6.48. The summed E-state index contributed by atoms with van der Waals surface area (Å²) in [6.45, 7) is 4.08. The van der Waals surface area contributed by atoms with E-state index in [-0.39, 0.29) is 23.9 Å². The smallest absolute Gasteiger partial charge is 0.254 e. The highest BCUT2D eigenvalue weighted by Crippen LogP contribution is 2.39. The van der Waals surface area contributed by atoms with Crippen LogP contribution in [0.4, 0.5) is 4.39 Å². The summed E-state index contributed by atoms with van der Waals surface area (Å²) in [6.07, 6.45) is 0.923. The summed E-state index contributed by atoms with van der Waals surface area (Å²) in [5.74, 6) is -0.154. The SMILES string of the molecule is Cc1ccc(C(=O)N2CC3(C[C@@H](CO)CN3C)C2)cc1F. The Morgan fingerprint density at radius 2 is 2.19 bits per heavy atom. The number of aryl methyl sites for hydroxylation is 1. The summed E-state index contributed by atoms with van der Waals surface area (Å²) in [5, 5.41) is 9.30. The number of aliphatic hydroxyl groups is 1. The van der Waals surface area contributed by atoms with Gasteiger partial charge in [-0.2, -0.15) is 0 Å². The Kier molecular flexibility index (Phi) is 3.50. The van der Waals surface area contributed by atoms with Gasteiger partial charge in [0.05, 0.1) is 5.54 Å². The predicted molar refractivity (Wildman–Crippen MR) is 77.6 cm³/mol. The van der Waals surface area contributed by atoms with E-state index in [9.17, 15) is 14.3 Å². The minimum atomic E-state index is -0.339. The maximum atomic E-state index is 13.6. The second-order valence-electron chi connectivity index (χ2n) is 6.48. The number of carbonyl (C=O) groups is 1. The third-order valence-electron chi connectivity index (χ3n) is 4.95. The first-order valence-corrected chi connectivity index (χ1v) is 7.33. The van der Waals surface area contributed by atoms with Crippen molar-refractivity contribution in [2.75, 3.05) is 33.3 Å². The van der Waals surface area contributed by atoms with E-state index in [0.29, 0.717) is 30.1 Å². The van der Waals surface area contributed by atoms with Gasteiger partial charge in [0.2, 0.25) is 0 Å². The van der Waals surface area contributed by atoms with Crippen LogP contribution in [0, 0.1) is 18.7 Å². The number of nitrogens with zero attached hydrogens (tertiary/aromatic N) is 2.